The summed E-state index contributed by atoms with van der Waals surface area (Å²) < 4.78 is 10.8. The molecule has 1 aliphatic heterocycles. The number of ether oxygens (including phenoxy) is 2. The van der Waals surface area contributed by atoms with Crippen molar-refractivity contribution in [3.8, 4) is 0 Å². The van der Waals surface area contributed by atoms with E-state index in [0.717, 1.165) is 0 Å². The Morgan fingerprint density at radius 1 is 0.905 bits per heavy atom. The molecule has 42 heavy (non-hydrogen) atoms. The monoisotopic (exact) mass is 593 g/mol. The number of aliphatic hydroxyl groups excluding tert-OH is 8. The predicted octanol–water partition coefficient (Wildman–Crippen LogP) is -2.39. The number of hydrogen-bond acceptors (Lipinski definition) is 12. The lowest BCUT2D eigenvalue weighted by molar-refractivity contribution is -0.327. The van der Waals surface area contributed by atoms with Crippen molar-refractivity contribution in [3.05, 3.63) is 77.9 Å². The quantitative estimate of drug-likeness (QED) is 0.104. The van der Waals surface area contributed by atoms with Crippen LogP contribution >= 0.6 is 0 Å². The van der Waals surface area contributed by atoms with Gasteiger partial charge >= 0.3 is 5.97 Å². The van der Waals surface area contributed by atoms with Crippen LogP contribution in [0.3, 0.4) is 0 Å². The Kier molecular flexibility index (Phi) is 13.0. The van der Waals surface area contributed by atoms with Gasteiger partial charge in [0.15, 0.2) is 6.29 Å². The second-order valence-electron chi connectivity index (χ2n) is 10.1. The molecule has 0 aromatic heterocycles. The molecule has 3 rings (SSSR count). The van der Waals surface area contributed by atoms with Crippen LogP contribution in [0.4, 0.5) is 0 Å². The van der Waals surface area contributed by atoms with E-state index in [1.807, 2.05) is 0 Å². The Balaban J connectivity index is 1.89. The van der Waals surface area contributed by atoms with E-state index in [2.05, 4.69) is 5.32 Å². The van der Waals surface area contributed by atoms with Crippen LogP contribution in [0.1, 0.15) is 11.1 Å². The zero-order chi connectivity index (χ0) is 30.8. The number of hydrogen-bond donors (Lipinski definition) is 10. The molecular weight excluding hydrogens is 554 g/mol. The molecule has 0 unspecified atom stereocenters. The van der Waals surface area contributed by atoms with Crippen molar-refractivity contribution in [1.29, 1.82) is 0 Å². The van der Waals surface area contributed by atoms with Crippen LogP contribution < -0.4 is 5.32 Å². The van der Waals surface area contributed by atoms with Gasteiger partial charge in [-0.15, -0.1) is 0 Å². The Morgan fingerprint density at radius 2 is 1.52 bits per heavy atom. The average Bonchev–Trinajstić information content (AvgIpc) is 3.01. The second-order valence-corrected chi connectivity index (χ2v) is 10.1. The Morgan fingerprint density at radius 3 is 2.10 bits per heavy atom. The maximum absolute atomic E-state index is 12.2. The maximum Gasteiger partial charge on any atom is 0.321 e. The fraction of sp³-hybridized carbons (Fsp3) is 0.483. The first-order valence-electron chi connectivity index (χ1n) is 13.4. The third-order valence-electron chi connectivity index (χ3n) is 7.03. The van der Waals surface area contributed by atoms with Crippen LogP contribution in [0.5, 0.6) is 0 Å². The minimum absolute atomic E-state index is 0.0265. The predicted molar refractivity (Wildman–Crippen MR) is 148 cm³/mol. The molecule has 1 fully saturated rings. The minimum Gasteiger partial charge on any atom is -0.480 e. The number of aliphatic carboxylic acids is 1. The molecule has 0 spiro atoms. The van der Waals surface area contributed by atoms with Crippen molar-refractivity contribution in [3.63, 3.8) is 0 Å². The van der Waals surface area contributed by atoms with Gasteiger partial charge in [0.05, 0.1) is 19.3 Å². The number of carbonyl (C=O) groups is 1. The molecule has 2 aromatic carbocycles. The van der Waals surface area contributed by atoms with Crippen LogP contribution in [-0.2, 0) is 20.7 Å². The van der Waals surface area contributed by atoms with Crippen molar-refractivity contribution in [2.45, 2.75) is 73.6 Å². The molecule has 0 bridgehead atoms. The van der Waals surface area contributed by atoms with E-state index >= 15 is 0 Å². The summed E-state index contributed by atoms with van der Waals surface area (Å²) in [5.41, 5.74) is 1.39. The van der Waals surface area contributed by atoms with Crippen molar-refractivity contribution < 1.29 is 60.2 Å². The number of carboxylic acids is 1. The van der Waals surface area contributed by atoms with Crippen molar-refractivity contribution in [2.24, 2.45) is 0 Å². The van der Waals surface area contributed by atoms with Crippen LogP contribution in [0.15, 0.2) is 66.7 Å². The molecule has 0 amide bonds. The van der Waals surface area contributed by atoms with Gasteiger partial charge in [-0.3, -0.25) is 10.1 Å². The molecule has 1 heterocycles. The number of rotatable bonds is 15. The molecule has 13 heteroatoms. The summed E-state index contributed by atoms with van der Waals surface area (Å²) in [5.74, 6) is -1.23. The average molecular weight is 594 g/mol. The van der Waals surface area contributed by atoms with Gasteiger partial charge in [-0.1, -0.05) is 72.8 Å². The fourth-order valence-electron chi connectivity index (χ4n) is 4.59. The van der Waals surface area contributed by atoms with Gasteiger partial charge in [0.25, 0.3) is 0 Å². The van der Waals surface area contributed by atoms with Gasteiger partial charge in [0, 0.05) is 0 Å². The minimum atomic E-state index is -2.02. The lowest BCUT2D eigenvalue weighted by Crippen LogP contribution is -2.62. The first-order valence-corrected chi connectivity index (χ1v) is 13.4. The van der Waals surface area contributed by atoms with Crippen LogP contribution in [0.25, 0.3) is 6.08 Å². The summed E-state index contributed by atoms with van der Waals surface area (Å²) in [5, 5.41) is 95.3. The second kappa shape index (κ2) is 16.2. The van der Waals surface area contributed by atoms with Crippen molar-refractivity contribution >= 4 is 12.0 Å². The molecule has 0 aliphatic carbocycles. The van der Waals surface area contributed by atoms with E-state index in [0.29, 0.717) is 11.1 Å². The van der Waals surface area contributed by atoms with Crippen molar-refractivity contribution in [1.82, 2.24) is 5.32 Å². The Hall–Kier alpha value is -2.79. The first kappa shape index (κ1) is 33.7. The van der Waals surface area contributed by atoms with Crippen LogP contribution in [-0.4, -0.2) is 132 Å². The van der Waals surface area contributed by atoms with E-state index in [-0.39, 0.29) is 6.42 Å². The van der Waals surface area contributed by atoms with Crippen LogP contribution in [0, 0.1) is 0 Å². The lowest BCUT2D eigenvalue weighted by Gasteiger charge is -2.42. The number of benzene rings is 2. The molecule has 1 saturated heterocycles. The van der Waals surface area contributed by atoms with Gasteiger partial charge in [-0.25, -0.2) is 0 Å². The Bertz CT molecular complexity index is 1100. The van der Waals surface area contributed by atoms with E-state index in [1.165, 1.54) is 6.08 Å². The van der Waals surface area contributed by atoms with Gasteiger partial charge < -0.3 is 55.4 Å². The SMILES string of the molecule is O=C(O)[C@H](Cc1ccccc1)N[C@@H](C=Cc1ccccc1)[C@H](O)[C@@H](O)[C@H](O[C@H]1O[C@H](CO)[C@@H](O)[C@H](O)[C@H]1O)[C@H](O)CO. The lowest BCUT2D eigenvalue weighted by atomic mass is 9.94. The third-order valence-corrected chi connectivity index (χ3v) is 7.03. The topological polar surface area (TPSA) is 230 Å². The largest absolute Gasteiger partial charge is 0.480 e. The summed E-state index contributed by atoms with van der Waals surface area (Å²) in [6, 6.07) is 15.1. The molecule has 13 nitrogen and oxygen atoms in total. The zero-order valence-corrected chi connectivity index (χ0v) is 22.7. The highest BCUT2D eigenvalue weighted by atomic mass is 16.7. The molecule has 0 radical (unpaired) electrons. The number of aliphatic hydroxyl groups is 8. The fourth-order valence-corrected chi connectivity index (χ4v) is 4.59. The molecule has 232 valence electrons. The number of nitrogens with one attached hydrogen (secondary N) is 1. The molecule has 0 saturated carbocycles. The number of carboxylic acid groups (broad SMARTS) is 1. The zero-order valence-electron chi connectivity index (χ0n) is 22.7. The first-order chi connectivity index (χ1) is 20.1. The maximum atomic E-state index is 12.2. The van der Waals surface area contributed by atoms with E-state index in [4.69, 9.17) is 9.47 Å². The van der Waals surface area contributed by atoms with E-state index in [9.17, 15) is 50.8 Å². The highest BCUT2D eigenvalue weighted by Crippen LogP contribution is 2.25. The molecule has 10 N–H and O–H groups in total. The molecule has 2 aromatic rings. The highest BCUT2D eigenvalue weighted by Gasteiger charge is 2.47. The third kappa shape index (κ3) is 8.86. The Labute approximate surface area is 242 Å². The summed E-state index contributed by atoms with van der Waals surface area (Å²) >= 11 is 0. The summed E-state index contributed by atoms with van der Waals surface area (Å²) in [7, 11) is 0. The molecule has 11 atom stereocenters. The van der Waals surface area contributed by atoms with Gasteiger partial charge in [0.1, 0.15) is 54.9 Å². The van der Waals surface area contributed by atoms with E-state index < -0.39 is 86.4 Å². The molecular formula is C29H39NO12. The summed E-state index contributed by atoms with van der Waals surface area (Å²) in [4.78, 5) is 12.2. The summed E-state index contributed by atoms with van der Waals surface area (Å²) in [6.07, 6.45) is -13.1. The normalized spacial score (nSPS) is 27.2. The molecule has 1 aliphatic rings. The van der Waals surface area contributed by atoms with Gasteiger partial charge in [-0.2, -0.15) is 0 Å². The van der Waals surface area contributed by atoms with E-state index in [1.54, 1.807) is 66.7 Å². The summed E-state index contributed by atoms with van der Waals surface area (Å²) in [6.45, 7) is -1.73. The smallest absolute Gasteiger partial charge is 0.321 e. The van der Waals surface area contributed by atoms with Crippen LogP contribution in [0.2, 0.25) is 0 Å². The standard InChI is InChI=1S/C29H39NO12/c31-14-20(33)27(42-29-26(38)24(36)23(35)21(15-32)41-29)25(37)22(34)18(12-11-16-7-3-1-4-8-16)30-19(28(39)40)13-17-9-5-2-6-10-17/h1-12,18-27,29-38H,13-15H2,(H,39,40)/t18-,19-,20+,21+,22-,23+,24-,25+,26+,27+,29+/m0/s1. The van der Waals surface area contributed by atoms with Gasteiger partial charge in [-0.05, 0) is 17.5 Å². The highest BCUT2D eigenvalue weighted by molar-refractivity contribution is 5.74. The van der Waals surface area contributed by atoms with Crippen molar-refractivity contribution in [2.75, 3.05) is 13.2 Å². The van der Waals surface area contributed by atoms with Gasteiger partial charge in [0.2, 0.25) is 0 Å².